The summed E-state index contributed by atoms with van der Waals surface area (Å²) in [6.07, 6.45) is 1.18. The highest BCUT2D eigenvalue weighted by atomic mass is 35.5. The average Bonchev–Trinajstić information content (AvgIpc) is 3.29. The predicted molar refractivity (Wildman–Crippen MR) is 157 cm³/mol. The summed E-state index contributed by atoms with van der Waals surface area (Å²) in [5.41, 5.74) is 2.62. The molecular weight excluding hydrogens is 548 g/mol. The van der Waals surface area contributed by atoms with Crippen molar-refractivity contribution in [1.82, 2.24) is 4.90 Å². The molecule has 9 heteroatoms. The van der Waals surface area contributed by atoms with Crippen molar-refractivity contribution < 1.29 is 22.7 Å². The van der Waals surface area contributed by atoms with Gasteiger partial charge in [-0.15, -0.1) is 0 Å². The molecule has 0 aromatic heterocycles. The molecule has 0 saturated carbocycles. The SMILES string of the molecule is CS(=O)(=O)CCN1CC(c2cccc(OCc3ccccc3)c2)N(c2ccc(Oc3ccc(Cl)cc3)cc2)C1=O. The maximum Gasteiger partial charge on any atom is 0.325 e. The van der Waals surface area contributed by atoms with Gasteiger partial charge in [-0.25, -0.2) is 13.2 Å². The van der Waals surface area contributed by atoms with E-state index in [0.717, 1.165) is 11.1 Å². The molecule has 0 radical (unpaired) electrons. The molecule has 1 saturated heterocycles. The third-order valence-corrected chi connectivity index (χ3v) is 7.75. The zero-order chi connectivity index (χ0) is 28.1. The van der Waals surface area contributed by atoms with Crippen molar-refractivity contribution in [1.29, 1.82) is 0 Å². The van der Waals surface area contributed by atoms with Gasteiger partial charge in [-0.05, 0) is 71.8 Å². The Kier molecular flexibility index (Phi) is 8.28. The van der Waals surface area contributed by atoms with Crippen molar-refractivity contribution in [3.63, 3.8) is 0 Å². The topological polar surface area (TPSA) is 76.2 Å². The molecule has 206 valence electrons. The normalized spacial score (nSPS) is 15.3. The number of hydrogen-bond acceptors (Lipinski definition) is 5. The number of sulfone groups is 1. The smallest absolute Gasteiger partial charge is 0.325 e. The van der Waals surface area contributed by atoms with E-state index in [-0.39, 0.29) is 24.4 Å². The molecule has 7 nitrogen and oxygen atoms in total. The van der Waals surface area contributed by atoms with Crippen molar-refractivity contribution in [3.8, 4) is 17.2 Å². The summed E-state index contributed by atoms with van der Waals surface area (Å²) >= 11 is 5.96. The third kappa shape index (κ3) is 6.94. The van der Waals surface area contributed by atoms with Crippen LogP contribution in [0.25, 0.3) is 0 Å². The molecule has 0 N–H and O–H groups in total. The van der Waals surface area contributed by atoms with Crippen LogP contribution in [0.2, 0.25) is 5.02 Å². The van der Waals surface area contributed by atoms with E-state index in [1.807, 2.05) is 66.7 Å². The van der Waals surface area contributed by atoms with Crippen LogP contribution in [0, 0.1) is 0 Å². The number of carbonyl (C=O) groups excluding carboxylic acids is 1. The van der Waals surface area contributed by atoms with Crippen LogP contribution in [-0.4, -0.2) is 44.4 Å². The van der Waals surface area contributed by atoms with Gasteiger partial charge in [0.25, 0.3) is 0 Å². The molecule has 0 aliphatic carbocycles. The Bertz CT molecular complexity index is 1560. The lowest BCUT2D eigenvalue weighted by Crippen LogP contribution is -2.35. The number of urea groups is 1. The van der Waals surface area contributed by atoms with Crippen molar-refractivity contribution in [2.24, 2.45) is 0 Å². The Labute approximate surface area is 239 Å². The summed E-state index contributed by atoms with van der Waals surface area (Å²) in [5.74, 6) is 1.84. The van der Waals surface area contributed by atoms with Crippen LogP contribution < -0.4 is 14.4 Å². The van der Waals surface area contributed by atoms with Gasteiger partial charge in [0.15, 0.2) is 0 Å². The highest BCUT2D eigenvalue weighted by molar-refractivity contribution is 7.90. The molecule has 2 amide bonds. The van der Waals surface area contributed by atoms with Crippen LogP contribution in [0.15, 0.2) is 103 Å². The number of ether oxygens (including phenoxy) is 2. The van der Waals surface area contributed by atoms with Crippen molar-refractivity contribution in [2.75, 3.05) is 30.0 Å². The highest BCUT2D eigenvalue weighted by Gasteiger charge is 2.39. The number of rotatable bonds is 10. The van der Waals surface area contributed by atoms with Gasteiger partial charge in [0.2, 0.25) is 0 Å². The van der Waals surface area contributed by atoms with Crippen molar-refractivity contribution >= 4 is 33.2 Å². The average molecular weight is 577 g/mol. The van der Waals surface area contributed by atoms with Gasteiger partial charge < -0.3 is 14.4 Å². The number of carbonyl (C=O) groups is 1. The molecule has 1 aliphatic rings. The number of halogens is 1. The summed E-state index contributed by atoms with van der Waals surface area (Å²) < 4.78 is 35.6. The Hall–Kier alpha value is -4.01. The second-order valence-corrected chi connectivity index (χ2v) is 12.3. The van der Waals surface area contributed by atoms with Crippen LogP contribution >= 0.6 is 11.6 Å². The molecule has 1 unspecified atom stereocenters. The standard InChI is InChI=1S/C31H29ClN2O5S/c1-40(36,37)19-18-33-21-30(24-8-5-9-29(20-24)38-22-23-6-3-2-4-7-23)34(31(33)35)26-12-16-28(17-13-26)39-27-14-10-25(32)11-15-27/h2-17,20,30H,18-19,21-22H2,1H3. The van der Waals surface area contributed by atoms with E-state index in [1.54, 1.807) is 46.2 Å². The number of benzene rings is 4. The van der Waals surface area contributed by atoms with E-state index >= 15 is 0 Å². The van der Waals surface area contributed by atoms with Gasteiger partial charge in [0, 0.05) is 30.1 Å². The highest BCUT2D eigenvalue weighted by Crippen LogP contribution is 2.37. The Morgan fingerprint density at radius 1 is 0.850 bits per heavy atom. The maximum absolute atomic E-state index is 13.6. The first-order chi connectivity index (χ1) is 19.2. The quantitative estimate of drug-likeness (QED) is 0.209. The van der Waals surface area contributed by atoms with E-state index in [9.17, 15) is 13.2 Å². The van der Waals surface area contributed by atoms with Crippen LogP contribution in [0.4, 0.5) is 10.5 Å². The van der Waals surface area contributed by atoms with E-state index < -0.39 is 9.84 Å². The van der Waals surface area contributed by atoms with E-state index in [2.05, 4.69) is 0 Å². The lowest BCUT2D eigenvalue weighted by atomic mass is 10.1. The van der Waals surface area contributed by atoms with Gasteiger partial charge in [-0.2, -0.15) is 0 Å². The van der Waals surface area contributed by atoms with Gasteiger partial charge in [0.05, 0.1) is 11.8 Å². The Balaban J connectivity index is 1.39. The molecule has 1 heterocycles. The number of amides is 2. The Morgan fingerprint density at radius 3 is 2.20 bits per heavy atom. The van der Waals surface area contributed by atoms with Gasteiger partial charge in [-0.3, -0.25) is 4.90 Å². The molecule has 1 aliphatic heterocycles. The largest absolute Gasteiger partial charge is 0.489 e. The second-order valence-electron chi connectivity index (χ2n) is 9.64. The predicted octanol–water partition coefficient (Wildman–Crippen LogP) is 6.74. The van der Waals surface area contributed by atoms with Gasteiger partial charge in [0.1, 0.15) is 33.7 Å². The minimum absolute atomic E-state index is 0.104. The van der Waals surface area contributed by atoms with Crippen LogP contribution in [0.3, 0.4) is 0 Å². The second kappa shape index (κ2) is 12.0. The fourth-order valence-electron chi connectivity index (χ4n) is 4.53. The fraction of sp³-hybridized carbons (Fsp3) is 0.194. The minimum Gasteiger partial charge on any atom is -0.489 e. The van der Waals surface area contributed by atoms with E-state index in [0.29, 0.717) is 41.1 Å². The molecular formula is C31H29ClN2O5S. The van der Waals surface area contributed by atoms with E-state index in [4.69, 9.17) is 21.1 Å². The summed E-state index contributed by atoms with van der Waals surface area (Å²) in [6.45, 7) is 0.888. The number of nitrogens with zero attached hydrogens (tertiary/aromatic N) is 2. The molecule has 40 heavy (non-hydrogen) atoms. The molecule has 4 aromatic carbocycles. The lowest BCUT2D eigenvalue weighted by Gasteiger charge is -2.24. The molecule has 1 atom stereocenters. The van der Waals surface area contributed by atoms with Gasteiger partial charge in [-0.1, -0.05) is 54.1 Å². The molecule has 0 bridgehead atoms. The number of anilines is 1. The zero-order valence-electron chi connectivity index (χ0n) is 21.9. The third-order valence-electron chi connectivity index (χ3n) is 6.57. The summed E-state index contributed by atoms with van der Waals surface area (Å²) in [6, 6.07) is 31.3. The Morgan fingerprint density at radius 2 is 1.52 bits per heavy atom. The summed E-state index contributed by atoms with van der Waals surface area (Å²) in [7, 11) is -3.24. The monoisotopic (exact) mass is 576 g/mol. The number of hydrogen-bond donors (Lipinski definition) is 0. The van der Waals surface area contributed by atoms with Crippen LogP contribution in [-0.2, 0) is 16.4 Å². The fourth-order valence-corrected chi connectivity index (χ4v) is 5.21. The summed E-state index contributed by atoms with van der Waals surface area (Å²) in [5, 5.41) is 0.622. The maximum atomic E-state index is 13.6. The van der Waals surface area contributed by atoms with Crippen LogP contribution in [0.5, 0.6) is 17.2 Å². The molecule has 1 fully saturated rings. The molecule has 0 spiro atoms. The van der Waals surface area contributed by atoms with Crippen LogP contribution in [0.1, 0.15) is 17.2 Å². The first kappa shape index (κ1) is 27.6. The zero-order valence-corrected chi connectivity index (χ0v) is 23.5. The first-order valence-electron chi connectivity index (χ1n) is 12.8. The minimum atomic E-state index is -3.24. The van der Waals surface area contributed by atoms with Gasteiger partial charge >= 0.3 is 6.03 Å². The van der Waals surface area contributed by atoms with Crippen molar-refractivity contribution in [3.05, 3.63) is 119 Å². The van der Waals surface area contributed by atoms with Crippen molar-refractivity contribution in [2.45, 2.75) is 12.6 Å². The first-order valence-corrected chi connectivity index (χ1v) is 15.2. The lowest BCUT2D eigenvalue weighted by molar-refractivity contribution is 0.223. The van der Waals surface area contributed by atoms with E-state index in [1.165, 1.54) is 6.26 Å². The summed E-state index contributed by atoms with van der Waals surface area (Å²) in [4.78, 5) is 16.9. The molecule has 5 rings (SSSR count). The molecule has 4 aromatic rings.